The molecule has 132 valence electrons. The Morgan fingerprint density at radius 1 is 1.28 bits per heavy atom. The first-order valence-electron chi connectivity index (χ1n) is 8.74. The summed E-state index contributed by atoms with van der Waals surface area (Å²) in [7, 11) is 0. The Morgan fingerprint density at radius 2 is 2.12 bits per heavy atom. The first-order valence-corrected chi connectivity index (χ1v) is 8.74. The number of pyridine rings is 1. The maximum absolute atomic E-state index is 10.9. The molecular formula is C18H23N5O2. The van der Waals surface area contributed by atoms with E-state index in [0.717, 1.165) is 30.1 Å². The highest BCUT2D eigenvalue weighted by atomic mass is 16.5. The Bertz CT molecular complexity index is 726. The fourth-order valence-corrected chi connectivity index (χ4v) is 3.64. The monoisotopic (exact) mass is 341 g/mol. The van der Waals surface area contributed by atoms with Crippen LogP contribution in [-0.4, -0.2) is 46.4 Å². The van der Waals surface area contributed by atoms with E-state index in [1.54, 1.807) is 12.4 Å². The Labute approximate surface area is 146 Å². The highest BCUT2D eigenvalue weighted by molar-refractivity contribution is 5.45. The maximum Gasteiger partial charge on any atom is 0.222 e. The Kier molecular flexibility index (Phi) is 4.27. The number of rotatable bonds is 3. The molecule has 0 bridgehead atoms. The van der Waals surface area contributed by atoms with Gasteiger partial charge in [-0.2, -0.15) is 4.98 Å². The van der Waals surface area contributed by atoms with Crippen LogP contribution in [0.15, 0.2) is 30.6 Å². The summed E-state index contributed by atoms with van der Waals surface area (Å²) in [5.74, 6) is 1.43. The van der Waals surface area contributed by atoms with Crippen LogP contribution in [0.25, 0.3) is 0 Å². The van der Waals surface area contributed by atoms with E-state index in [-0.39, 0.29) is 0 Å². The van der Waals surface area contributed by atoms with Crippen LogP contribution >= 0.6 is 0 Å². The van der Waals surface area contributed by atoms with E-state index >= 15 is 0 Å². The average Bonchev–Trinajstić information content (AvgIpc) is 3.17. The minimum atomic E-state index is -0.828. The van der Waals surface area contributed by atoms with Gasteiger partial charge in [0, 0.05) is 49.6 Å². The number of nitrogens with zero attached hydrogens (tertiary/aromatic N) is 4. The fourth-order valence-electron chi connectivity index (χ4n) is 3.64. The Hall–Kier alpha value is -2.25. The predicted molar refractivity (Wildman–Crippen MR) is 94.2 cm³/mol. The lowest BCUT2D eigenvalue weighted by molar-refractivity contribution is 0.0113. The van der Waals surface area contributed by atoms with Crippen molar-refractivity contribution >= 4 is 11.8 Å². The Balaban J connectivity index is 1.51. The van der Waals surface area contributed by atoms with Crippen LogP contribution in [0.2, 0.25) is 0 Å². The van der Waals surface area contributed by atoms with Gasteiger partial charge >= 0.3 is 0 Å². The molecule has 1 atom stereocenters. The van der Waals surface area contributed by atoms with E-state index in [1.165, 1.54) is 0 Å². The van der Waals surface area contributed by atoms with Crippen LogP contribution in [0.4, 0.5) is 11.8 Å². The van der Waals surface area contributed by atoms with Crippen LogP contribution < -0.4 is 10.6 Å². The van der Waals surface area contributed by atoms with Crippen molar-refractivity contribution < 1.29 is 9.84 Å². The number of nitrogen functional groups attached to an aromatic ring is 1. The lowest BCUT2D eigenvalue weighted by Gasteiger charge is -2.39. The Morgan fingerprint density at radius 3 is 2.80 bits per heavy atom. The molecule has 0 radical (unpaired) electrons. The normalized spacial score (nSPS) is 22.9. The van der Waals surface area contributed by atoms with Gasteiger partial charge in [-0.1, -0.05) is 6.07 Å². The second-order valence-corrected chi connectivity index (χ2v) is 6.83. The van der Waals surface area contributed by atoms with Crippen molar-refractivity contribution in [1.29, 1.82) is 0 Å². The number of hydrogen-bond acceptors (Lipinski definition) is 7. The van der Waals surface area contributed by atoms with E-state index in [9.17, 15) is 5.11 Å². The highest BCUT2D eigenvalue weighted by Gasteiger charge is 2.35. The average molecular weight is 341 g/mol. The third-order valence-corrected chi connectivity index (χ3v) is 5.21. The van der Waals surface area contributed by atoms with Gasteiger partial charge in [0.15, 0.2) is 0 Å². The molecule has 0 unspecified atom stereocenters. The third kappa shape index (κ3) is 3.29. The predicted octanol–water partition coefficient (Wildman–Crippen LogP) is 1.45. The second-order valence-electron chi connectivity index (χ2n) is 6.83. The number of aromatic nitrogens is 3. The molecule has 4 rings (SSSR count). The summed E-state index contributed by atoms with van der Waals surface area (Å²) in [5, 5.41) is 10.9. The zero-order chi connectivity index (χ0) is 17.3. The first kappa shape index (κ1) is 16.2. The summed E-state index contributed by atoms with van der Waals surface area (Å²) >= 11 is 0. The molecule has 4 heterocycles. The van der Waals surface area contributed by atoms with Crippen LogP contribution in [0, 0.1) is 0 Å². The molecular weight excluding hydrogens is 318 g/mol. The van der Waals surface area contributed by atoms with Crippen molar-refractivity contribution in [1.82, 2.24) is 15.0 Å². The lowest BCUT2D eigenvalue weighted by atomic mass is 9.85. The van der Waals surface area contributed by atoms with E-state index < -0.39 is 5.60 Å². The van der Waals surface area contributed by atoms with Crippen molar-refractivity contribution in [3.05, 3.63) is 41.9 Å². The van der Waals surface area contributed by atoms with Crippen molar-refractivity contribution in [2.45, 2.75) is 30.8 Å². The SMILES string of the molecule is Nc1nc([C@@H]2CCOC2)cc(N2CCC(O)(c3cccnc3)CC2)n1. The number of ether oxygens (including phenoxy) is 1. The number of aliphatic hydroxyl groups is 1. The minimum absolute atomic E-state index is 0.293. The molecule has 7 nitrogen and oxygen atoms in total. The minimum Gasteiger partial charge on any atom is -0.385 e. The van der Waals surface area contributed by atoms with Gasteiger partial charge in [0.2, 0.25) is 5.95 Å². The van der Waals surface area contributed by atoms with Crippen LogP contribution in [-0.2, 0) is 10.3 Å². The highest BCUT2D eigenvalue weighted by Crippen LogP contribution is 2.34. The molecule has 3 N–H and O–H groups in total. The summed E-state index contributed by atoms with van der Waals surface area (Å²) < 4.78 is 5.46. The molecule has 2 aromatic heterocycles. The van der Waals surface area contributed by atoms with Gasteiger partial charge in [-0.15, -0.1) is 0 Å². The van der Waals surface area contributed by atoms with Gasteiger partial charge in [-0.25, -0.2) is 4.98 Å². The van der Waals surface area contributed by atoms with Crippen LogP contribution in [0.3, 0.4) is 0 Å². The standard InChI is InChI=1S/C18H23N5O2/c19-17-21-15(13-3-9-25-12-13)10-16(22-17)23-7-4-18(24,5-8-23)14-2-1-6-20-11-14/h1-2,6,10-11,13,24H,3-5,7-9,12H2,(H2,19,21,22)/t13-/m1/s1. The molecule has 2 aliphatic heterocycles. The molecule has 2 aliphatic rings. The first-order chi connectivity index (χ1) is 12.1. The van der Waals surface area contributed by atoms with E-state index in [0.29, 0.717) is 44.4 Å². The van der Waals surface area contributed by atoms with Crippen LogP contribution in [0.1, 0.15) is 36.4 Å². The molecule has 0 aliphatic carbocycles. The van der Waals surface area contributed by atoms with Crippen molar-refractivity contribution in [3.63, 3.8) is 0 Å². The van der Waals surface area contributed by atoms with Gasteiger partial charge < -0.3 is 20.5 Å². The number of hydrogen-bond donors (Lipinski definition) is 2. The molecule has 0 spiro atoms. The second kappa shape index (κ2) is 6.57. The summed E-state index contributed by atoms with van der Waals surface area (Å²) in [6.45, 7) is 2.88. The maximum atomic E-state index is 10.9. The van der Waals surface area contributed by atoms with Crippen molar-refractivity contribution in [2.24, 2.45) is 0 Å². The van der Waals surface area contributed by atoms with Crippen molar-refractivity contribution in [3.8, 4) is 0 Å². The largest absolute Gasteiger partial charge is 0.385 e. The topological polar surface area (TPSA) is 97.4 Å². The molecule has 2 fully saturated rings. The fraction of sp³-hybridized carbons (Fsp3) is 0.500. The lowest BCUT2D eigenvalue weighted by Crippen LogP contribution is -2.43. The van der Waals surface area contributed by atoms with Crippen molar-refractivity contribution in [2.75, 3.05) is 36.9 Å². The summed E-state index contributed by atoms with van der Waals surface area (Å²) in [5.41, 5.74) is 6.93. The van der Waals surface area contributed by atoms with Crippen LogP contribution in [0.5, 0.6) is 0 Å². The summed E-state index contributed by atoms with van der Waals surface area (Å²) in [4.78, 5) is 15.1. The van der Waals surface area contributed by atoms with Gasteiger partial charge in [-0.3, -0.25) is 4.98 Å². The molecule has 0 aromatic carbocycles. The molecule has 0 saturated carbocycles. The van der Waals surface area contributed by atoms with Gasteiger partial charge in [0.1, 0.15) is 5.82 Å². The summed E-state index contributed by atoms with van der Waals surface area (Å²) in [6.07, 6.45) is 5.70. The smallest absolute Gasteiger partial charge is 0.222 e. The van der Waals surface area contributed by atoms with Gasteiger partial charge in [0.05, 0.1) is 17.9 Å². The van der Waals surface area contributed by atoms with Gasteiger partial charge in [-0.05, 0) is 25.3 Å². The summed E-state index contributed by atoms with van der Waals surface area (Å²) in [6, 6.07) is 5.81. The van der Waals surface area contributed by atoms with E-state index in [4.69, 9.17) is 10.5 Å². The number of nitrogens with two attached hydrogens (primary N) is 1. The zero-order valence-corrected chi connectivity index (χ0v) is 14.1. The molecule has 0 amide bonds. The number of piperidine rings is 1. The zero-order valence-electron chi connectivity index (χ0n) is 14.1. The molecule has 2 aromatic rings. The third-order valence-electron chi connectivity index (χ3n) is 5.21. The van der Waals surface area contributed by atoms with Gasteiger partial charge in [0.25, 0.3) is 0 Å². The molecule has 7 heteroatoms. The number of anilines is 2. The molecule has 25 heavy (non-hydrogen) atoms. The molecule has 2 saturated heterocycles. The van der Waals surface area contributed by atoms with E-state index in [1.807, 2.05) is 18.2 Å². The quantitative estimate of drug-likeness (QED) is 0.872. The van der Waals surface area contributed by atoms with E-state index in [2.05, 4.69) is 19.9 Å².